The average molecular weight is 420 g/mol. The number of hydrogen-bond donors (Lipinski definition) is 0. The summed E-state index contributed by atoms with van der Waals surface area (Å²) in [5.74, 6) is -0.598. The normalized spacial score (nSPS) is 18.4. The molecule has 0 aliphatic carbocycles. The second-order valence-electron chi connectivity index (χ2n) is 6.47. The Balaban J connectivity index is 1.75. The van der Waals surface area contributed by atoms with Crippen molar-refractivity contribution in [1.29, 1.82) is 0 Å². The number of para-hydroxylation sites is 1. The summed E-state index contributed by atoms with van der Waals surface area (Å²) in [5.41, 5.74) is 1.33. The van der Waals surface area contributed by atoms with E-state index in [0.29, 0.717) is 43.6 Å². The lowest BCUT2D eigenvalue weighted by atomic mass is 10.2. The molecule has 146 valence electrons. The molecule has 2 aromatic carbocycles. The Hall–Kier alpha value is -2.42. The van der Waals surface area contributed by atoms with Crippen LogP contribution in [0.1, 0.15) is 5.56 Å². The largest absolute Gasteiger partial charge is 0.378 e. The van der Waals surface area contributed by atoms with Crippen molar-refractivity contribution in [2.75, 3.05) is 31.3 Å². The topological polar surface area (TPSA) is 79.3 Å². The van der Waals surface area contributed by atoms with Crippen LogP contribution in [0.4, 0.5) is 5.69 Å². The van der Waals surface area contributed by atoms with E-state index in [0.717, 1.165) is 5.56 Å². The number of sulfone groups is 1. The number of amides is 1. The quantitative estimate of drug-likeness (QED) is 0.762. The summed E-state index contributed by atoms with van der Waals surface area (Å²) in [5, 5.41) is 5.97. The number of carbonyl (C=O) groups is 1. The molecule has 0 atom stereocenters. The van der Waals surface area contributed by atoms with E-state index in [1.54, 1.807) is 35.3 Å². The fourth-order valence-electron chi connectivity index (χ4n) is 3.16. The first kappa shape index (κ1) is 18.9. The van der Waals surface area contributed by atoms with Gasteiger partial charge in [-0.15, -0.1) is 0 Å². The molecule has 2 aliphatic rings. The van der Waals surface area contributed by atoms with Crippen molar-refractivity contribution in [1.82, 2.24) is 4.90 Å². The number of halogens is 1. The molecule has 0 aromatic heterocycles. The van der Waals surface area contributed by atoms with Crippen molar-refractivity contribution in [3.8, 4) is 0 Å². The van der Waals surface area contributed by atoms with Gasteiger partial charge in [-0.1, -0.05) is 35.9 Å². The standard InChI is InChI=1S/C19H18ClN3O4S/c20-15-7-5-14(6-8-15)13-23-16-3-1-2-4-17(16)28(25,26)18(21-23)19(24)22-9-11-27-12-10-22/h1-8H,9-13H2. The predicted octanol–water partition coefficient (Wildman–Crippen LogP) is 2.31. The first-order valence-electron chi connectivity index (χ1n) is 8.78. The lowest BCUT2D eigenvalue weighted by Gasteiger charge is -2.31. The van der Waals surface area contributed by atoms with Crippen molar-refractivity contribution >= 4 is 38.1 Å². The van der Waals surface area contributed by atoms with Crippen LogP contribution in [0.3, 0.4) is 0 Å². The molecule has 9 heteroatoms. The minimum absolute atomic E-state index is 0.0792. The Labute approximate surface area is 168 Å². The molecule has 1 fully saturated rings. The first-order valence-corrected chi connectivity index (χ1v) is 10.6. The van der Waals surface area contributed by atoms with Gasteiger partial charge in [0.2, 0.25) is 14.9 Å². The summed E-state index contributed by atoms with van der Waals surface area (Å²) in [4.78, 5) is 14.5. The number of benzene rings is 2. The van der Waals surface area contributed by atoms with Crippen LogP contribution in [0.15, 0.2) is 58.5 Å². The molecular weight excluding hydrogens is 402 g/mol. The van der Waals surface area contributed by atoms with Gasteiger partial charge >= 0.3 is 0 Å². The molecule has 2 aliphatic heterocycles. The number of carbonyl (C=O) groups excluding carboxylic acids is 1. The van der Waals surface area contributed by atoms with Gasteiger partial charge < -0.3 is 9.64 Å². The fourth-order valence-corrected chi connectivity index (χ4v) is 4.77. The van der Waals surface area contributed by atoms with Gasteiger partial charge in [-0.3, -0.25) is 9.80 Å². The van der Waals surface area contributed by atoms with Crippen LogP contribution < -0.4 is 5.01 Å². The number of anilines is 1. The summed E-state index contributed by atoms with van der Waals surface area (Å²) in [6.07, 6.45) is 0. The minimum Gasteiger partial charge on any atom is -0.378 e. The number of ether oxygens (including phenoxy) is 1. The Kier molecular flexibility index (Phi) is 5.09. The van der Waals surface area contributed by atoms with Gasteiger partial charge in [-0.05, 0) is 29.8 Å². The van der Waals surface area contributed by atoms with Crippen LogP contribution in [0.2, 0.25) is 5.02 Å². The van der Waals surface area contributed by atoms with Crippen molar-refractivity contribution in [3.63, 3.8) is 0 Å². The van der Waals surface area contributed by atoms with Crippen molar-refractivity contribution in [2.45, 2.75) is 11.4 Å². The minimum atomic E-state index is -4.01. The van der Waals surface area contributed by atoms with E-state index in [4.69, 9.17) is 16.3 Å². The zero-order valence-corrected chi connectivity index (χ0v) is 16.5. The number of fused-ring (bicyclic) bond motifs is 1. The van der Waals surface area contributed by atoms with Crippen LogP contribution in [0.25, 0.3) is 0 Å². The van der Waals surface area contributed by atoms with E-state index in [1.807, 2.05) is 12.1 Å². The van der Waals surface area contributed by atoms with Crippen LogP contribution in [-0.2, 0) is 25.9 Å². The highest BCUT2D eigenvalue weighted by atomic mass is 35.5. The van der Waals surface area contributed by atoms with Crippen LogP contribution in [0.5, 0.6) is 0 Å². The third-order valence-electron chi connectivity index (χ3n) is 4.63. The lowest BCUT2D eigenvalue weighted by molar-refractivity contribution is -0.127. The number of hydrazone groups is 1. The molecule has 4 rings (SSSR count). The SMILES string of the molecule is O=C(C1=NN(Cc2ccc(Cl)cc2)c2ccccc2S1(=O)=O)N1CCOCC1. The highest BCUT2D eigenvalue weighted by Gasteiger charge is 2.39. The molecule has 0 N–H and O–H groups in total. The Morgan fingerprint density at radius 1 is 1.07 bits per heavy atom. The number of rotatable bonds is 3. The van der Waals surface area contributed by atoms with Crippen molar-refractivity contribution in [2.24, 2.45) is 5.10 Å². The second kappa shape index (κ2) is 7.54. The number of morpholine rings is 1. The molecule has 0 bridgehead atoms. The van der Waals surface area contributed by atoms with Gasteiger partial charge in [0.05, 0.1) is 30.3 Å². The molecule has 0 unspecified atom stereocenters. The highest BCUT2D eigenvalue weighted by Crippen LogP contribution is 2.33. The Bertz CT molecular complexity index is 1030. The number of nitrogens with zero attached hydrogens (tertiary/aromatic N) is 3. The van der Waals surface area contributed by atoms with Crippen molar-refractivity contribution < 1.29 is 17.9 Å². The zero-order valence-electron chi connectivity index (χ0n) is 14.9. The third kappa shape index (κ3) is 3.50. The van der Waals surface area contributed by atoms with Crippen LogP contribution in [-0.4, -0.2) is 50.6 Å². The van der Waals surface area contributed by atoms with Crippen LogP contribution >= 0.6 is 11.6 Å². The van der Waals surface area contributed by atoms with E-state index < -0.39 is 20.8 Å². The highest BCUT2D eigenvalue weighted by molar-refractivity contribution is 8.08. The molecule has 28 heavy (non-hydrogen) atoms. The summed E-state index contributed by atoms with van der Waals surface area (Å²) in [7, 11) is -4.01. The van der Waals surface area contributed by atoms with E-state index in [2.05, 4.69) is 5.10 Å². The van der Waals surface area contributed by atoms with Gasteiger partial charge in [-0.25, -0.2) is 8.42 Å². The van der Waals surface area contributed by atoms with E-state index >= 15 is 0 Å². The van der Waals surface area contributed by atoms with E-state index in [-0.39, 0.29) is 4.90 Å². The molecule has 2 aromatic rings. The molecule has 1 saturated heterocycles. The van der Waals surface area contributed by atoms with E-state index in [1.165, 1.54) is 11.0 Å². The maximum atomic E-state index is 13.1. The predicted molar refractivity (Wildman–Crippen MR) is 106 cm³/mol. The molecule has 0 spiro atoms. The summed E-state index contributed by atoms with van der Waals surface area (Å²) < 4.78 is 31.4. The van der Waals surface area contributed by atoms with Gasteiger partial charge in [-0.2, -0.15) is 5.10 Å². The summed E-state index contributed by atoms with van der Waals surface area (Å²) >= 11 is 5.94. The third-order valence-corrected chi connectivity index (χ3v) is 6.57. The fraction of sp³-hybridized carbons (Fsp3) is 0.263. The Morgan fingerprint density at radius 2 is 1.75 bits per heavy atom. The Morgan fingerprint density at radius 3 is 2.46 bits per heavy atom. The van der Waals surface area contributed by atoms with Gasteiger partial charge in [0, 0.05) is 18.1 Å². The lowest BCUT2D eigenvalue weighted by Crippen LogP contribution is -2.47. The molecule has 0 radical (unpaired) electrons. The number of hydrogen-bond acceptors (Lipinski definition) is 6. The first-order chi connectivity index (χ1) is 13.5. The zero-order chi connectivity index (χ0) is 19.7. The van der Waals surface area contributed by atoms with Gasteiger partial charge in [0.1, 0.15) is 0 Å². The van der Waals surface area contributed by atoms with Crippen molar-refractivity contribution in [3.05, 3.63) is 59.1 Å². The van der Waals surface area contributed by atoms with Gasteiger partial charge in [0.25, 0.3) is 5.91 Å². The molecule has 2 heterocycles. The maximum absolute atomic E-state index is 13.1. The molecule has 7 nitrogen and oxygen atoms in total. The van der Waals surface area contributed by atoms with Gasteiger partial charge in [0.15, 0.2) is 0 Å². The summed E-state index contributed by atoms with van der Waals surface area (Å²) in [6, 6.07) is 13.8. The molecule has 1 amide bonds. The molecular formula is C19H18ClN3O4S. The monoisotopic (exact) mass is 419 g/mol. The average Bonchev–Trinajstić information content (AvgIpc) is 2.72. The second-order valence-corrected chi connectivity index (χ2v) is 8.73. The van der Waals surface area contributed by atoms with Crippen LogP contribution in [0, 0.1) is 0 Å². The van der Waals surface area contributed by atoms with E-state index in [9.17, 15) is 13.2 Å². The summed E-state index contributed by atoms with van der Waals surface area (Å²) in [6.45, 7) is 1.75. The maximum Gasteiger partial charge on any atom is 0.286 e. The smallest absolute Gasteiger partial charge is 0.286 e. The molecule has 0 saturated carbocycles.